The van der Waals surface area contributed by atoms with Gasteiger partial charge in [-0.3, -0.25) is 0 Å². The summed E-state index contributed by atoms with van der Waals surface area (Å²) in [5.74, 6) is 0. The summed E-state index contributed by atoms with van der Waals surface area (Å²) in [5, 5.41) is 2.61. The third-order valence-electron chi connectivity index (χ3n) is 2.07. The maximum atomic E-state index is 2.20. The van der Waals surface area contributed by atoms with Crippen LogP contribution >= 0.6 is 0 Å². The number of fused-ring (bicyclic) bond motifs is 1. The Morgan fingerprint density at radius 2 is 1.71 bits per heavy atom. The predicted molar refractivity (Wildman–Crippen MR) is 61.2 cm³/mol. The van der Waals surface area contributed by atoms with E-state index in [0.717, 1.165) is 0 Å². The molecule has 0 amide bonds. The van der Waals surface area contributed by atoms with Crippen LogP contribution in [0.1, 0.15) is 19.4 Å². The minimum atomic E-state index is 1.30. The molecule has 0 saturated carbocycles. The van der Waals surface area contributed by atoms with Gasteiger partial charge in [0.25, 0.3) is 0 Å². The van der Waals surface area contributed by atoms with E-state index in [2.05, 4.69) is 48.1 Å². The standard InChI is InChI=1S/C11H12N.C2H6/c1-9-3-4-10-5-6-12(2)8-11(10)7-9;1-2/h3-8H,1-2H3;1-2H3/q+1;. The predicted octanol–water partition coefficient (Wildman–Crippen LogP) is 3.00. The van der Waals surface area contributed by atoms with Gasteiger partial charge in [-0.1, -0.05) is 31.5 Å². The number of rotatable bonds is 0. The second-order valence-electron chi connectivity index (χ2n) is 3.24. The Morgan fingerprint density at radius 1 is 1.00 bits per heavy atom. The monoisotopic (exact) mass is 188 g/mol. The summed E-state index contributed by atoms with van der Waals surface area (Å²) in [6.07, 6.45) is 4.21. The first-order valence-corrected chi connectivity index (χ1v) is 5.11. The van der Waals surface area contributed by atoms with Gasteiger partial charge in [-0.2, -0.15) is 0 Å². The molecule has 0 unspecified atom stereocenters. The van der Waals surface area contributed by atoms with Crippen molar-refractivity contribution in [3.05, 3.63) is 42.2 Å². The molecule has 74 valence electrons. The van der Waals surface area contributed by atoms with Crippen molar-refractivity contribution in [2.75, 3.05) is 0 Å². The summed E-state index contributed by atoms with van der Waals surface area (Å²) in [6.45, 7) is 6.12. The van der Waals surface area contributed by atoms with Gasteiger partial charge in [-0.15, -0.1) is 0 Å². The van der Waals surface area contributed by atoms with Gasteiger partial charge >= 0.3 is 0 Å². The number of benzene rings is 1. The highest BCUT2D eigenvalue weighted by Crippen LogP contribution is 2.12. The van der Waals surface area contributed by atoms with E-state index in [-0.39, 0.29) is 0 Å². The fraction of sp³-hybridized carbons (Fsp3) is 0.308. The van der Waals surface area contributed by atoms with E-state index >= 15 is 0 Å². The topological polar surface area (TPSA) is 3.88 Å². The minimum Gasteiger partial charge on any atom is -0.207 e. The summed E-state index contributed by atoms with van der Waals surface area (Å²) in [4.78, 5) is 0. The number of aryl methyl sites for hydroxylation is 2. The molecule has 1 heteroatoms. The first kappa shape index (κ1) is 10.7. The smallest absolute Gasteiger partial charge is 0.176 e. The summed E-state index contributed by atoms with van der Waals surface area (Å²) in [6, 6.07) is 8.64. The SMILES string of the molecule is CC.Cc1ccc2cc[n+](C)cc2c1. The number of hydrogen-bond acceptors (Lipinski definition) is 0. The maximum absolute atomic E-state index is 2.20. The highest BCUT2D eigenvalue weighted by molar-refractivity contribution is 5.81. The van der Waals surface area contributed by atoms with Gasteiger partial charge < -0.3 is 0 Å². The van der Waals surface area contributed by atoms with Gasteiger partial charge in [0.05, 0.1) is 0 Å². The highest BCUT2D eigenvalue weighted by Gasteiger charge is 1.97. The Labute approximate surface area is 86.0 Å². The molecule has 1 heterocycles. The molecule has 1 nitrogen and oxygen atoms in total. The third-order valence-corrected chi connectivity index (χ3v) is 2.07. The third kappa shape index (κ3) is 2.32. The van der Waals surface area contributed by atoms with Crippen LogP contribution < -0.4 is 4.57 Å². The molecule has 0 aliphatic carbocycles. The second-order valence-corrected chi connectivity index (χ2v) is 3.24. The Morgan fingerprint density at radius 3 is 2.43 bits per heavy atom. The van der Waals surface area contributed by atoms with E-state index in [4.69, 9.17) is 0 Å². The van der Waals surface area contributed by atoms with Gasteiger partial charge in [0.1, 0.15) is 7.05 Å². The lowest BCUT2D eigenvalue weighted by Crippen LogP contribution is -2.25. The molecule has 0 N–H and O–H groups in total. The summed E-state index contributed by atoms with van der Waals surface area (Å²) < 4.78 is 2.07. The molecule has 0 bridgehead atoms. The fourth-order valence-electron chi connectivity index (χ4n) is 1.42. The Kier molecular flexibility index (Phi) is 3.63. The van der Waals surface area contributed by atoms with Crippen molar-refractivity contribution in [3.8, 4) is 0 Å². The molecule has 0 fully saturated rings. The molecule has 2 aromatic rings. The van der Waals surface area contributed by atoms with Crippen molar-refractivity contribution < 1.29 is 4.57 Å². The van der Waals surface area contributed by atoms with E-state index in [9.17, 15) is 0 Å². The van der Waals surface area contributed by atoms with Crippen LogP contribution in [-0.4, -0.2) is 0 Å². The normalized spacial score (nSPS) is 9.43. The average Bonchev–Trinajstić information content (AvgIpc) is 2.20. The Hall–Kier alpha value is -1.37. The van der Waals surface area contributed by atoms with Crippen molar-refractivity contribution in [1.82, 2.24) is 0 Å². The van der Waals surface area contributed by atoms with Crippen molar-refractivity contribution in [2.45, 2.75) is 20.8 Å². The van der Waals surface area contributed by atoms with E-state index < -0.39 is 0 Å². The zero-order valence-corrected chi connectivity index (χ0v) is 9.41. The Balaban J connectivity index is 0.000000461. The molecule has 0 aliphatic heterocycles. The lowest BCUT2D eigenvalue weighted by molar-refractivity contribution is -0.670. The van der Waals surface area contributed by atoms with Gasteiger partial charge in [-0.05, 0) is 18.4 Å². The van der Waals surface area contributed by atoms with Crippen LogP contribution in [-0.2, 0) is 7.05 Å². The molecule has 0 spiro atoms. The molecular formula is C13H18N+. The molecule has 0 saturated heterocycles. The number of pyridine rings is 1. The summed E-state index contributed by atoms with van der Waals surface area (Å²) >= 11 is 0. The molecule has 1 aromatic heterocycles. The van der Waals surface area contributed by atoms with Gasteiger partial charge in [0, 0.05) is 11.5 Å². The summed E-state index contributed by atoms with van der Waals surface area (Å²) in [5.41, 5.74) is 1.31. The van der Waals surface area contributed by atoms with Crippen LogP contribution in [0.15, 0.2) is 36.7 Å². The maximum Gasteiger partial charge on any atom is 0.176 e. The van der Waals surface area contributed by atoms with Crippen molar-refractivity contribution in [3.63, 3.8) is 0 Å². The van der Waals surface area contributed by atoms with Crippen LogP contribution in [0.4, 0.5) is 0 Å². The first-order valence-electron chi connectivity index (χ1n) is 5.11. The van der Waals surface area contributed by atoms with Gasteiger partial charge in [-0.25, -0.2) is 4.57 Å². The highest BCUT2D eigenvalue weighted by atomic mass is 14.9. The zero-order valence-electron chi connectivity index (χ0n) is 9.41. The molecular weight excluding hydrogens is 170 g/mol. The molecule has 2 rings (SSSR count). The second kappa shape index (κ2) is 4.75. The van der Waals surface area contributed by atoms with Crippen LogP contribution in [0, 0.1) is 6.92 Å². The fourth-order valence-corrected chi connectivity index (χ4v) is 1.42. The van der Waals surface area contributed by atoms with Gasteiger partial charge in [0.15, 0.2) is 12.4 Å². The van der Waals surface area contributed by atoms with Crippen molar-refractivity contribution >= 4 is 10.8 Å². The minimum absolute atomic E-state index is 1.30. The van der Waals surface area contributed by atoms with Crippen LogP contribution in [0.3, 0.4) is 0 Å². The average molecular weight is 188 g/mol. The van der Waals surface area contributed by atoms with Crippen LogP contribution in [0.25, 0.3) is 10.8 Å². The van der Waals surface area contributed by atoms with Gasteiger partial charge in [0.2, 0.25) is 0 Å². The summed E-state index contributed by atoms with van der Waals surface area (Å²) in [7, 11) is 2.04. The molecule has 0 atom stereocenters. The molecule has 14 heavy (non-hydrogen) atoms. The van der Waals surface area contributed by atoms with E-state index in [1.54, 1.807) is 0 Å². The quantitative estimate of drug-likeness (QED) is 0.560. The largest absolute Gasteiger partial charge is 0.207 e. The van der Waals surface area contributed by atoms with Crippen molar-refractivity contribution in [2.24, 2.45) is 7.05 Å². The number of nitrogens with zero attached hydrogens (tertiary/aromatic N) is 1. The van der Waals surface area contributed by atoms with E-state index in [1.165, 1.54) is 16.3 Å². The Bertz CT molecular complexity index is 382. The van der Waals surface area contributed by atoms with E-state index in [0.29, 0.717) is 0 Å². The number of hydrogen-bond donors (Lipinski definition) is 0. The molecule has 1 aromatic carbocycles. The zero-order chi connectivity index (χ0) is 10.6. The van der Waals surface area contributed by atoms with E-state index in [1.807, 2.05) is 20.9 Å². The first-order chi connectivity index (χ1) is 6.75. The molecule has 0 aliphatic rings. The lowest BCUT2D eigenvalue weighted by Gasteiger charge is -1.96. The van der Waals surface area contributed by atoms with Crippen LogP contribution in [0.2, 0.25) is 0 Å². The molecule has 0 radical (unpaired) electrons. The van der Waals surface area contributed by atoms with Crippen molar-refractivity contribution in [1.29, 1.82) is 0 Å². The van der Waals surface area contributed by atoms with Crippen LogP contribution in [0.5, 0.6) is 0 Å². The number of aromatic nitrogens is 1. The lowest BCUT2D eigenvalue weighted by atomic mass is 10.1.